The number of nitrogen functional groups attached to an aromatic ring is 1. The Morgan fingerprint density at radius 3 is 2.68 bits per heavy atom. The Bertz CT molecular complexity index is 652. The van der Waals surface area contributed by atoms with Gasteiger partial charge < -0.3 is 10.5 Å². The zero-order chi connectivity index (χ0) is 14.2. The van der Waals surface area contributed by atoms with Gasteiger partial charge in [0.15, 0.2) is 0 Å². The number of thiophene rings is 1. The van der Waals surface area contributed by atoms with Crippen LogP contribution in [0.15, 0.2) is 27.1 Å². The van der Waals surface area contributed by atoms with Crippen LogP contribution in [0.3, 0.4) is 0 Å². The first-order valence-electron chi connectivity index (χ1n) is 5.38. The van der Waals surface area contributed by atoms with Crippen LogP contribution in [-0.2, 0) is 4.74 Å². The lowest BCUT2D eigenvalue weighted by Crippen LogP contribution is -2.01. The van der Waals surface area contributed by atoms with E-state index in [9.17, 15) is 4.79 Å². The zero-order valence-corrected chi connectivity index (χ0v) is 14.3. The molecular formula is C13H11Br2NO2S. The van der Waals surface area contributed by atoms with E-state index in [2.05, 4.69) is 31.9 Å². The van der Waals surface area contributed by atoms with Crippen LogP contribution in [0.5, 0.6) is 0 Å². The molecule has 0 radical (unpaired) electrons. The van der Waals surface area contributed by atoms with Crippen molar-refractivity contribution in [1.29, 1.82) is 0 Å². The summed E-state index contributed by atoms with van der Waals surface area (Å²) in [7, 11) is 1.35. The number of rotatable bonds is 2. The van der Waals surface area contributed by atoms with E-state index < -0.39 is 5.97 Å². The molecule has 0 spiro atoms. The van der Waals surface area contributed by atoms with E-state index in [1.807, 2.05) is 25.1 Å². The molecule has 0 aliphatic heterocycles. The van der Waals surface area contributed by atoms with Crippen molar-refractivity contribution in [2.45, 2.75) is 6.92 Å². The molecule has 19 heavy (non-hydrogen) atoms. The molecule has 0 aliphatic rings. The minimum atomic E-state index is -0.400. The first kappa shape index (κ1) is 14.6. The number of benzene rings is 1. The molecule has 3 nitrogen and oxygen atoms in total. The normalized spacial score (nSPS) is 10.5. The lowest BCUT2D eigenvalue weighted by Gasteiger charge is -2.04. The number of anilines is 1. The van der Waals surface area contributed by atoms with Gasteiger partial charge in [-0.05, 0) is 30.7 Å². The van der Waals surface area contributed by atoms with Crippen molar-refractivity contribution >= 4 is 54.9 Å². The minimum absolute atomic E-state index is 0.400. The summed E-state index contributed by atoms with van der Waals surface area (Å²) < 4.78 is 6.67. The second-order valence-electron chi connectivity index (χ2n) is 3.91. The predicted octanol–water partition coefficient (Wildman–Crippen LogP) is 4.62. The summed E-state index contributed by atoms with van der Waals surface area (Å²) in [6, 6.07) is 5.89. The van der Waals surface area contributed by atoms with Crippen molar-refractivity contribution in [3.63, 3.8) is 0 Å². The van der Waals surface area contributed by atoms with Crippen LogP contribution in [0.1, 0.15) is 15.2 Å². The molecule has 2 N–H and O–H groups in total. The van der Waals surface area contributed by atoms with Gasteiger partial charge in [0.05, 0.1) is 12.8 Å². The number of halogens is 2. The molecular weight excluding hydrogens is 394 g/mol. The molecule has 0 aliphatic carbocycles. The Balaban J connectivity index is 2.63. The number of esters is 1. The Morgan fingerprint density at radius 1 is 1.37 bits per heavy atom. The van der Waals surface area contributed by atoms with Gasteiger partial charge in [-0.15, -0.1) is 11.3 Å². The molecule has 0 unspecified atom stereocenters. The zero-order valence-electron chi connectivity index (χ0n) is 10.3. The van der Waals surface area contributed by atoms with Crippen molar-refractivity contribution in [3.05, 3.63) is 37.6 Å². The minimum Gasteiger partial charge on any atom is -0.465 e. The largest absolute Gasteiger partial charge is 0.465 e. The Hall–Kier alpha value is -0.850. The average molecular weight is 405 g/mol. The predicted molar refractivity (Wildman–Crippen MR) is 85.6 cm³/mol. The maximum Gasteiger partial charge on any atom is 0.350 e. The van der Waals surface area contributed by atoms with Crippen molar-refractivity contribution in [1.82, 2.24) is 0 Å². The molecule has 0 amide bonds. The first-order chi connectivity index (χ1) is 8.95. The number of hydrogen-bond acceptors (Lipinski definition) is 4. The van der Waals surface area contributed by atoms with E-state index >= 15 is 0 Å². The van der Waals surface area contributed by atoms with Crippen LogP contribution in [0.4, 0.5) is 5.69 Å². The highest BCUT2D eigenvalue weighted by molar-refractivity contribution is 9.11. The third-order valence-corrected chi connectivity index (χ3v) is 5.24. The number of hydrogen-bond donors (Lipinski definition) is 1. The highest BCUT2D eigenvalue weighted by Crippen LogP contribution is 2.42. The molecule has 1 heterocycles. The van der Waals surface area contributed by atoms with Gasteiger partial charge in [-0.1, -0.05) is 31.9 Å². The molecule has 6 heteroatoms. The highest BCUT2D eigenvalue weighted by Gasteiger charge is 2.21. The van der Waals surface area contributed by atoms with Gasteiger partial charge >= 0.3 is 5.97 Å². The van der Waals surface area contributed by atoms with Gasteiger partial charge in [0.1, 0.15) is 4.88 Å². The van der Waals surface area contributed by atoms with Crippen molar-refractivity contribution < 1.29 is 9.53 Å². The molecule has 2 rings (SSSR count). The molecule has 1 aromatic heterocycles. The van der Waals surface area contributed by atoms with E-state index in [1.54, 1.807) is 0 Å². The van der Waals surface area contributed by atoms with Crippen LogP contribution in [0.2, 0.25) is 0 Å². The number of nitrogens with two attached hydrogens (primary N) is 1. The molecule has 0 saturated heterocycles. The third-order valence-electron chi connectivity index (χ3n) is 2.74. The molecule has 0 fully saturated rings. The van der Waals surface area contributed by atoms with E-state index in [0.717, 1.165) is 24.9 Å². The van der Waals surface area contributed by atoms with Crippen LogP contribution in [-0.4, -0.2) is 13.1 Å². The maximum atomic E-state index is 11.7. The summed E-state index contributed by atoms with van der Waals surface area (Å²) in [4.78, 5) is 13.1. The van der Waals surface area contributed by atoms with Gasteiger partial charge in [-0.25, -0.2) is 4.79 Å². The summed E-state index contributed by atoms with van der Waals surface area (Å²) >= 11 is 8.31. The van der Waals surface area contributed by atoms with Crippen molar-refractivity contribution in [2.24, 2.45) is 0 Å². The molecule has 100 valence electrons. The molecule has 0 atom stereocenters. The van der Waals surface area contributed by atoms with E-state index in [1.165, 1.54) is 18.4 Å². The fourth-order valence-corrected chi connectivity index (χ4v) is 3.81. The van der Waals surface area contributed by atoms with Crippen LogP contribution < -0.4 is 5.73 Å². The first-order valence-corrected chi connectivity index (χ1v) is 7.78. The fraction of sp³-hybridized carbons (Fsp3) is 0.154. The maximum absolute atomic E-state index is 11.7. The summed E-state index contributed by atoms with van der Waals surface area (Å²) in [5.74, 6) is -0.400. The van der Waals surface area contributed by atoms with Crippen molar-refractivity contribution in [2.75, 3.05) is 12.8 Å². The average Bonchev–Trinajstić information content (AvgIpc) is 2.69. The van der Waals surface area contributed by atoms with E-state index in [0.29, 0.717) is 10.6 Å². The van der Waals surface area contributed by atoms with Crippen LogP contribution >= 0.6 is 43.2 Å². The van der Waals surface area contributed by atoms with Gasteiger partial charge in [0, 0.05) is 19.4 Å². The Labute approximate surface area is 132 Å². The summed E-state index contributed by atoms with van der Waals surface area (Å²) in [5.41, 5.74) is 8.36. The van der Waals surface area contributed by atoms with E-state index in [4.69, 9.17) is 10.5 Å². The smallest absolute Gasteiger partial charge is 0.350 e. The topological polar surface area (TPSA) is 52.3 Å². The number of methoxy groups -OCH3 is 1. The number of ether oxygens (including phenoxy) is 1. The highest BCUT2D eigenvalue weighted by atomic mass is 79.9. The number of carbonyl (C=O) groups excluding carboxylic acids is 1. The molecule has 1 aromatic carbocycles. The van der Waals surface area contributed by atoms with Gasteiger partial charge in [-0.3, -0.25) is 0 Å². The van der Waals surface area contributed by atoms with Gasteiger partial charge in [0.2, 0.25) is 0 Å². The third kappa shape index (κ3) is 2.70. The Morgan fingerprint density at radius 2 is 2.05 bits per heavy atom. The van der Waals surface area contributed by atoms with Crippen LogP contribution in [0, 0.1) is 6.92 Å². The van der Waals surface area contributed by atoms with Gasteiger partial charge in [-0.2, -0.15) is 0 Å². The Kier molecular flexibility index (Phi) is 4.32. The quantitative estimate of drug-likeness (QED) is 0.743. The number of carbonyl (C=O) groups is 1. The summed E-state index contributed by atoms with van der Waals surface area (Å²) in [5, 5.41) is 0. The van der Waals surface area contributed by atoms with E-state index in [-0.39, 0.29) is 0 Å². The monoisotopic (exact) mass is 403 g/mol. The fourth-order valence-electron chi connectivity index (χ4n) is 1.70. The standard InChI is InChI=1S/C13H11Br2NO2S/c1-6-10(16)12(13(17)18-2)19-11(6)8-5-7(14)3-4-9(8)15/h3-5H,16H2,1-2H3. The van der Waals surface area contributed by atoms with Crippen molar-refractivity contribution in [3.8, 4) is 10.4 Å². The summed E-state index contributed by atoms with van der Waals surface area (Å²) in [6.45, 7) is 1.90. The second kappa shape index (κ2) is 5.64. The van der Waals surface area contributed by atoms with Crippen LogP contribution in [0.25, 0.3) is 10.4 Å². The SMILES string of the molecule is COC(=O)c1sc(-c2cc(Br)ccc2Br)c(C)c1N. The second-order valence-corrected chi connectivity index (χ2v) is 6.71. The lowest BCUT2D eigenvalue weighted by atomic mass is 10.1. The lowest BCUT2D eigenvalue weighted by molar-refractivity contribution is 0.0607. The molecule has 0 saturated carbocycles. The molecule has 0 bridgehead atoms. The van der Waals surface area contributed by atoms with Gasteiger partial charge in [0.25, 0.3) is 0 Å². The summed E-state index contributed by atoms with van der Waals surface area (Å²) in [6.07, 6.45) is 0. The molecule has 2 aromatic rings.